The standard InChI is InChI=1S/C17H15F4N3O4S.C16H12F4N4O3S/c1-29(27,28)24(12-3-2-6-22-8-12)10-11-4-5-13(14(18)7-11)15(25)9-23-16(26)17(19,20)21;1-28(25,26)24(11-3-2-6-21-8-11)9-10-4-5-12(13(17)7-10)14-22-23-15(27-14)16(18,19)20/h2-8H,9-10H2,1H3,(H,23,26);2-8H,9H2,1H3. The third-order valence-corrected chi connectivity index (χ3v) is 9.53. The van der Waals surface area contributed by atoms with Crippen molar-refractivity contribution in [3.63, 3.8) is 0 Å². The fraction of sp³-hybridized carbons (Fsp3) is 0.212. The number of Topliss-reactive ketones (excluding diaryl/α,β-unsaturated/α-hetero) is 1. The van der Waals surface area contributed by atoms with Crippen molar-refractivity contribution in [2.75, 3.05) is 27.7 Å². The molecule has 2 aromatic carbocycles. The van der Waals surface area contributed by atoms with Crippen molar-refractivity contribution in [2.45, 2.75) is 25.4 Å². The van der Waals surface area contributed by atoms with Crippen LogP contribution in [0.5, 0.6) is 0 Å². The number of rotatable bonds is 12. The first kappa shape index (κ1) is 43.7. The van der Waals surface area contributed by atoms with Gasteiger partial charge < -0.3 is 9.73 Å². The van der Waals surface area contributed by atoms with Crippen LogP contribution in [0.25, 0.3) is 11.5 Å². The zero-order chi connectivity index (χ0) is 42.3. The molecule has 0 bridgehead atoms. The number of anilines is 2. The number of hydrogen-bond donors (Lipinski definition) is 1. The molecule has 0 aliphatic heterocycles. The largest absolute Gasteiger partial charge is 0.471 e. The summed E-state index contributed by atoms with van der Waals surface area (Å²) in [6.45, 7) is -1.51. The molecule has 5 rings (SSSR count). The van der Waals surface area contributed by atoms with Crippen molar-refractivity contribution in [3.05, 3.63) is 120 Å². The lowest BCUT2D eigenvalue weighted by Gasteiger charge is -2.22. The summed E-state index contributed by atoms with van der Waals surface area (Å²) in [5.41, 5.74) is 0.0907. The Hall–Kier alpha value is -6.04. The van der Waals surface area contributed by atoms with Crippen molar-refractivity contribution >= 4 is 43.1 Å². The van der Waals surface area contributed by atoms with Crippen LogP contribution in [0.4, 0.5) is 46.5 Å². The van der Waals surface area contributed by atoms with Gasteiger partial charge in [-0.1, -0.05) is 12.1 Å². The zero-order valence-corrected chi connectivity index (χ0v) is 30.7. The molecule has 57 heavy (non-hydrogen) atoms. The molecule has 0 aliphatic carbocycles. The van der Waals surface area contributed by atoms with E-state index in [1.807, 2.05) is 0 Å². The van der Waals surface area contributed by atoms with E-state index in [1.54, 1.807) is 6.07 Å². The van der Waals surface area contributed by atoms with Crippen LogP contribution in [0.2, 0.25) is 0 Å². The molecule has 1 amide bonds. The van der Waals surface area contributed by atoms with Gasteiger partial charge >= 0.3 is 24.2 Å². The lowest BCUT2D eigenvalue weighted by molar-refractivity contribution is -0.173. The third kappa shape index (κ3) is 12.0. The van der Waals surface area contributed by atoms with Crippen molar-refractivity contribution in [2.24, 2.45) is 0 Å². The molecule has 0 radical (unpaired) electrons. The van der Waals surface area contributed by atoms with Gasteiger partial charge in [-0.15, -0.1) is 10.2 Å². The van der Waals surface area contributed by atoms with Crippen LogP contribution in [-0.2, 0) is 44.1 Å². The number of amides is 1. The van der Waals surface area contributed by atoms with Gasteiger partial charge in [-0.25, -0.2) is 25.6 Å². The third-order valence-electron chi connectivity index (χ3n) is 7.25. The van der Waals surface area contributed by atoms with E-state index in [0.717, 1.165) is 45.4 Å². The highest BCUT2D eigenvalue weighted by Crippen LogP contribution is 2.32. The van der Waals surface area contributed by atoms with E-state index in [4.69, 9.17) is 0 Å². The molecule has 0 saturated heterocycles. The van der Waals surface area contributed by atoms with Crippen LogP contribution < -0.4 is 13.9 Å². The summed E-state index contributed by atoms with van der Waals surface area (Å²) in [5.74, 6) is -7.61. The highest BCUT2D eigenvalue weighted by Gasteiger charge is 2.39. The molecule has 14 nitrogen and oxygen atoms in total. The Labute approximate surface area is 318 Å². The predicted octanol–water partition coefficient (Wildman–Crippen LogP) is 5.30. The normalized spacial score (nSPS) is 12.0. The molecule has 0 aliphatic rings. The molecule has 0 atom stereocenters. The van der Waals surface area contributed by atoms with Gasteiger partial charge in [-0.3, -0.25) is 28.2 Å². The molecule has 3 aromatic heterocycles. The van der Waals surface area contributed by atoms with Crippen LogP contribution in [0.1, 0.15) is 27.4 Å². The van der Waals surface area contributed by atoms with Crippen molar-refractivity contribution in [1.29, 1.82) is 0 Å². The van der Waals surface area contributed by atoms with Crippen molar-refractivity contribution in [3.8, 4) is 11.5 Å². The Morgan fingerprint density at radius 2 is 1.25 bits per heavy atom. The highest BCUT2D eigenvalue weighted by atomic mass is 32.2. The number of carbonyl (C=O) groups is 2. The Morgan fingerprint density at radius 3 is 1.65 bits per heavy atom. The summed E-state index contributed by atoms with van der Waals surface area (Å²) in [6.07, 6.45) is -2.51. The smallest absolute Gasteiger partial charge is 0.413 e. The number of sulfonamides is 2. The maximum atomic E-state index is 14.4. The Bertz CT molecular complexity index is 2440. The van der Waals surface area contributed by atoms with Crippen LogP contribution in [0, 0.1) is 11.6 Å². The lowest BCUT2D eigenvalue weighted by Crippen LogP contribution is -2.39. The second-order valence-corrected chi connectivity index (χ2v) is 15.4. The Kier molecular flexibility index (Phi) is 13.3. The quantitative estimate of drug-likeness (QED) is 0.127. The monoisotopic (exact) mass is 849 g/mol. The molecule has 0 fully saturated rings. The second kappa shape index (κ2) is 17.4. The predicted molar refractivity (Wildman–Crippen MR) is 185 cm³/mol. The van der Waals surface area contributed by atoms with Crippen LogP contribution in [0.15, 0.2) is 89.9 Å². The van der Waals surface area contributed by atoms with E-state index >= 15 is 0 Å². The summed E-state index contributed by atoms with van der Waals surface area (Å²) < 4.78 is 157. The van der Waals surface area contributed by atoms with Gasteiger partial charge in [0.15, 0.2) is 5.78 Å². The van der Waals surface area contributed by atoms with Crippen molar-refractivity contribution < 1.29 is 66.0 Å². The Balaban J connectivity index is 0.000000253. The Morgan fingerprint density at radius 1 is 0.737 bits per heavy atom. The van der Waals surface area contributed by atoms with E-state index in [0.29, 0.717) is 0 Å². The van der Waals surface area contributed by atoms with Gasteiger partial charge in [0.2, 0.25) is 20.0 Å². The van der Waals surface area contributed by atoms with Gasteiger partial charge in [-0.05, 0) is 59.7 Å². The number of nitrogens with one attached hydrogen (secondary N) is 1. The fourth-order valence-corrected chi connectivity index (χ4v) is 6.40. The molecule has 304 valence electrons. The van der Waals surface area contributed by atoms with Gasteiger partial charge in [0.05, 0.1) is 67.0 Å². The molecule has 1 N–H and O–H groups in total. The first-order valence-corrected chi connectivity index (χ1v) is 19.3. The van der Waals surface area contributed by atoms with Crippen LogP contribution in [-0.4, -0.2) is 73.9 Å². The molecule has 3 heterocycles. The number of aromatic nitrogens is 4. The molecular formula is C33H27F8N7O7S2. The van der Waals surface area contributed by atoms with E-state index in [9.17, 15) is 61.5 Å². The molecule has 5 aromatic rings. The fourth-order valence-electron chi connectivity index (χ4n) is 4.65. The van der Waals surface area contributed by atoms with Crippen LogP contribution >= 0.6 is 0 Å². The number of hydrogen-bond acceptors (Lipinski definition) is 11. The summed E-state index contributed by atoms with van der Waals surface area (Å²) in [5, 5.41) is 7.41. The van der Waals surface area contributed by atoms with E-state index in [-0.39, 0.29) is 41.2 Å². The molecular weight excluding hydrogens is 823 g/mol. The lowest BCUT2D eigenvalue weighted by atomic mass is 10.1. The van der Waals surface area contributed by atoms with Gasteiger partial charge in [-0.2, -0.15) is 26.3 Å². The summed E-state index contributed by atoms with van der Waals surface area (Å²) in [6, 6.07) is 12.7. The number of carbonyl (C=O) groups excluding carboxylic acids is 2. The number of alkyl halides is 6. The van der Waals surface area contributed by atoms with Gasteiger partial charge in [0, 0.05) is 12.4 Å². The first-order chi connectivity index (χ1) is 26.4. The molecule has 0 saturated carbocycles. The van der Waals surface area contributed by atoms with Gasteiger partial charge in [0.25, 0.3) is 5.89 Å². The number of nitrogens with zero attached hydrogens (tertiary/aromatic N) is 6. The zero-order valence-electron chi connectivity index (χ0n) is 29.1. The average Bonchev–Trinajstić information content (AvgIpc) is 3.63. The molecule has 0 unspecified atom stereocenters. The topological polar surface area (TPSA) is 186 Å². The van der Waals surface area contributed by atoms with E-state index < -0.39 is 79.6 Å². The number of ketones is 1. The molecule has 24 heteroatoms. The minimum atomic E-state index is -5.16. The van der Waals surface area contributed by atoms with E-state index in [1.165, 1.54) is 60.4 Å². The second-order valence-electron chi connectivity index (χ2n) is 11.6. The van der Waals surface area contributed by atoms with Gasteiger partial charge in [0.1, 0.15) is 11.6 Å². The maximum absolute atomic E-state index is 14.4. The van der Waals surface area contributed by atoms with E-state index in [2.05, 4.69) is 24.6 Å². The summed E-state index contributed by atoms with van der Waals surface area (Å²) in [7, 11) is -7.44. The maximum Gasteiger partial charge on any atom is 0.471 e. The SMILES string of the molecule is CS(=O)(=O)N(Cc1ccc(-c2nnc(C(F)(F)F)o2)c(F)c1)c1cccnc1.CS(=O)(=O)N(Cc1ccc(C(=O)CNC(=O)C(F)(F)F)c(F)c1)c1cccnc1. The van der Waals surface area contributed by atoms with Crippen molar-refractivity contribution in [1.82, 2.24) is 25.5 Å². The summed E-state index contributed by atoms with van der Waals surface area (Å²) in [4.78, 5) is 30.3. The number of pyridine rings is 2. The minimum absolute atomic E-state index is 0.188. The molecule has 0 spiro atoms. The van der Waals surface area contributed by atoms with Crippen LogP contribution in [0.3, 0.4) is 0 Å². The average molecular weight is 850 g/mol. The summed E-state index contributed by atoms with van der Waals surface area (Å²) >= 11 is 0. The number of halogens is 8. The minimum Gasteiger partial charge on any atom is -0.413 e. The first-order valence-electron chi connectivity index (χ1n) is 15.6. The highest BCUT2D eigenvalue weighted by molar-refractivity contribution is 7.92. The number of benzene rings is 2.